The molecule has 4 heterocycles. The molecule has 12 heteroatoms. The Labute approximate surface area is 211 Å². The average molecular weight is 514 g/mol. The van der Waals surface area contributed by atoms with Gasteiger partial charge in [-0.1, -0.05) is 0 Å². The van der Waals surface area contributed by atoms with E-state index >= 15 is 0 Å². The molecule has 3 aromatic rings. The summed E-state index contributed by atoms with van der Waals surface area (Å²) in [5.74, 6) is 0.411. The van der Waals surface area contributed by atoms with Crippen LogP contribution in [0.1, 0.15) is 54.8 Å². The van der Waals surface area contributed by atoms with Crippen LogP contribution < -0.4 is 4.90 Å². The summed E-state index contributed by atoms with van der Waals surface area (Å²) in [6, 6.07) is 3.80. The Balaban J connectivity index is 1.39. The lowest BCUT2D eigenvalue weighted by molar-refractivity contribution is -0.337. The second-order valence-electron chi connectivity index (χ2n) is 10.6. The molecule has 0 aromatic carbocycles. The number of aromatic nitrogens is 5. The van der Waals surface area contributed by atoms with Crippen LogP contribution in [0.25, 0.3) is 11.0 Å². The Morgan fingerprint density at radius 3 is 2.65 bits per heavy atom. The van der Waals surface area contributed by atoms with Gasteiger partial charge < -0.3 is 14.4 Å². The van der Waals surface area contributed by atoms with E-state index in [1.165, 1.54) is 0 Å². The lowest BCUT2D eigenvalue weighted by atomic mass is 9.33. The number of ether oxygens (including phenoxy) is 2. The van der Waals surface area contributed by atoms with Gasteiger partial charge in [0, 0.05) is 36.2 Å². The van der Waals surface area contributed by atoms with Gasteiger partial charge in [0.05, 0.1) is 41.2 Å². The van der Waals surface area contributed by atoms with Crippen LogP contribution in [0, 0.1) is 23.7 Å². The quantitative estimate of drug-likeness (QED) is 0.505. The van der Waals surface area contributed by atoms with Gasteiger partial charge in [0.2, 0.25) is 5.95 Å². The monoisotopic (exact) mass is 513 g/mol. The van der Waals surface area contributed by atoms with Crippen molar-refractivity contribution in [1.82, 2.24) is 24.7 Å². The Kier molecular flexibility index (Phi) is 5.27. The van der Waals surface area contributed by atoms with Crippen LogP contribution in [0.4, 0.5) is 19.1 Å². The third-order valence-electron chi connectivity index (χ3n) is 7.95. The van der Waals surface area contributed by atoms with Gasteiger partial charge in [0.25, 0.3) is 0 Å². The predicted molar refractivity (Wildman–Crippen MR) is 126 cm³/mol. The molecule has 7 rings (SSSR count). The second kappa shape index (κ2) is 8.10. The molecule has 194 valence electrons. The van der Waals surface area contributed by atoms with E-state index in [2.05, 4.69) is 16.2 Å². The van der Waals surface area contributed by atoms with Crippen molar-refractivity contribution in [2.24, 2.45) is 5.41 Å². The summed E-state index contributed by atoms with van der Waals surface area (Å²) < 4.78 is 53.9. The first-order valence-corrected chi connectivity index (χ1v) is 12.1. The van der Waals surface area contributed by atoms with Crippen LogP contribution >= 0.6 is 0 Å². The van der Waals surface area contributed by atoms with Crippen LogP contribution in [0.3, 0.4) is 0 Å². The number of hydrogen-bond donors (Lipinski definition) is 0. The molecule has 0 spiro atoms. The van der Waals surface area contributed by atoms with Crippen molar-refractivity contribution in [1.29, 1.82) is 5.26 Å². The van der Waals surface area contributed by atoms with E-state index in [-0.39, 0.29) is 31.5 Å². The minimum absolute atomic E-state index is 0.00560. The van der Waals surface area contributed by atoms with Gasteiger partial charge in [-0.2, -0.15) is 28.5 Å². The topological polar surface area (TPSA) is 102 Å². The number of alkyl halides is 3. The average Bonchev–Trinajstić information content (AvgIpc) is 3.24. The molecule has 1 aliphatic heterocycles. The SMILES string of the molecule is COCn1cc(C2CN(c3nc(C45CC(C(F)(F)F)(C4)C5)c4cc(C#N)c(C)nc4n3)CC(C)O2)cn1. The molecule has 2 unspecified atom stereocenters. The molecule has 3 aliphatic carbocycles. The zero-order valence-corrected chi connectivity index (χ0v) is 20.7. The van der Waals surface area contributed by atoms with Crippen molar-refractivity contribution in [3.8, 4) is 6.07 Å². The largest absolute Gasteiger partial charge is 0.394 e. The molecular weight excluding hydrogens is 487 g/mol. The molecule has 0 amide bonds. The number of halogens is 3. The second-order valence-corrected chi connectivity index (χ2v) is 10.6. The van der Waals surface area contributed by atoms with E-state index in [4.69, 9.17) is 19.4 Å². The number of aryl methyl sites for hydroxylation is 1. The third-order valence-corrected chi connectivity index (χ3v) is 7.95. The van der Waals surface area contributed by atoms with Gasteiger partial charge in [-0.25, -0.2) is 14.6 Å². The summed E-state index contributed by atoms with van der Waals surface area (Å²) in [5.41, 5.74) is 0.435. The lowest BCUT2D eigenvalue weighted by Gasteiger charge is -2.70. The van der Waals surface area contributed by atoms with Crippen LogP contribution in [-0.2, 0) is 21.6 Å². The molecule has 0 radical (unpaired) electrons. The number of nitrogens with zero attached hydrogens (tertiary/aromatic N) is 7. The summed E-state index contributed by atoms with van der Waals surface area (Å²) in [5, 5.41) is 14.4. The maximum atomic E-state index is 13.6. The molecule has 2 bridgehead atoms. The van der Waals surface area contributed by atoms with E-state index < -0.39 is 17.0 Å². The van der Waals surface area contributed by atoms with E-state index in [9.17, 15) is 18.4 Å². The standard InChI is InChI=1S/C25H26F3N7O2/c1-14-7-34(9-19(37-14)17-6-30-35(8-17)13-36-3)22-32-20(23-10-24(11-23,12-23)25(26,27)28)18-4-16(5-29)15(2)31-21(18)33-22/h4,6,8,14,19H,7,9-13H2,1-3H3. The van der Waals surface area contributed by atoms with Gasteiger partial charge in [-0.15, -0.1) is 0 Å². The zero-order valence-electron chi connectivity index (χ0n) is 20.7. The van der Waals surface area contributed by atoms with Gasteiger partial charge in [-0.3, -0.25) is 0 Å². The van der Waals surface area contributed by atoms with E-state index in [0.29, 0.717) is 53.8 Å². The predicted octanol–water partition coefficient (Wildman–Crippen LogP) is 3.96. The summed E-state index contributed by atoms with van der Waals surface area (Å²) in [6.07, 6.45) is -1.05. The van der Waals surface area contributed by atoms with Crippen molar-refractivity contribution >= 4 is 17.0 Å². The third kappa shape index (κ3) is 3.67. The molecule has 37 heavy (non-hydrogen) atoms. The number of anilines is 1. The molecule has 0 N–H and O–H groups in total. The van der Waals surface area contributed by atoms with Gasteiger partial charge in [0.15, 0.2) is 5.65 Å². The van der Waals surface area contributed by atoms with Crippen LogP contribution in [0.5, 0.6) is 0 Å². The van der Waals surface area contributed by atoms with Crippen molar-refractivity contribution in [2.75, 3.05) is 25.1 Å². The van der Waals surface area contributed by atoms with E-state index in [1.54, 1.807) is 31.0 Å². The van der Waals surface area contributed by atoms with Crippen LogP contribution in [-0.4, -0.2) is 57.2 Å². The molecule has 4 fully saturated rings. The molecule has 1 saturated heterocycles. The fraction of sp³-hybridized carbons (Fsp3) is 0.560. The Bertz CT molecular complexity index is 1410. The Morgan fingerprint density at radius 2 is 1.97 bits per heavy atom. The molecule has 4 aliphatic rings. The maximum absolute atomic E-state index is 13.6. The number of morpholine rings is 1. The Hall–Kier alpha value is -3.30. The van der Waals surface area contributed by atoms with Crippen LogP contribution in [0.15, 0.2) is 18.5 Å². The zero-order chi connectivity index (χ0) is 26.2. The van der Waals surface area contributed by atoms with Crippen LogP contribution in [0.2, 0.25) is 0 Å². The fourth-order valence-electron chi connectivity index (χ4n) is 6.18. The molecule has 3 saturated carbocycles. The van der Waals surface area contributed by atoms with Gasteiger partial charge in [-0.05, 0) is 39.2 Å². The summed E-state index contributed by atoms with van der Waals surface area (Å²) in [7, 11) is 1.59. The minimum atomic E-state index is -4.23. The molecule has 9 nitrogen and oxygen atoms in total. The van der Waals surface area contributed by atoms with Crippen molar-refractivity contribution in [2.45, 2.75) is 63.6 Å². The minimum Gasteiger partial charge on any atom is -0.367 e. The highest BCUT2D eigenvalue weighted by Gasteiger charge is 2.79. The number of rotatable bonds is 5. The van der Waals surface area contributed by atoms with Gasteiger partial charge >= 0.3 is 6.18 Å². The van der Waals surface area contributed by atoms with Crippen molar-refractivity contribution in [3.05, 3.63) is 41.0 Å². The molecule has 3 aromatic heterocycles. The first kappa shape index (κ1) is 24.1. The smallest absolute Gasteiger partial charge is 0.367 e. The highest BCUT2D eigenvalue weighted by Crippen LogP contribution is 2.78. The highest BCUT2D eigenvalue weighted by molar-refractivity contribution is 5.82. The highest BCUT2D eigenvalue weighted by atomic mass is 19.4. The number of pyridine rings is 1. The molecular formula is C25H26F3N7O2. The van der Waals surface area contributed by atoms with E-state index in [1.807, 2.05) is 18.0 Å². The fourth-order valence-corrected chi connectivity index (χ4v) is 6.18. The lowest BCUT2D eigenvalue weighted by Crippen LogP contribution is -2.70. The molecule has 2 atom stereocenters. The van der Waals surface area contributed by atoms with Crippen molar-refractivity contribution < 1.29 is 22.6 Å². The number of nitriles is 1. The first-order valence-electron chi connectivity index (χ1n) is 12.1. The number of fused-ring (bicyclic) bond motifs is 1. The normalized spacial score (nSPS) is 29.1. The first-order chi connectivity index (χ1) is 17.6. The Morgan fingerprint density at radius 1 is 1.22 bits per heavy atom. The van der Waals surface area contributed by atoms with Gasteiger partial charge in [0.1, 0.15) is 18.9 Å². The summed E-state index contributed by atoms with van der Waals surface area (Å²) in [6.45, 7) is 4.96. The summed E-state index contributed by atoms with van der Waals surface area (Å²) in [4.78, 5) is 16.1. The number of methoxy groups -OCH3 is 1. The summed E-state index contributed by atoms with van der Waals surface area (Å²) >= 11 is 0. The van der Waals surface area contributed by atoms with Crippen molar-refractivity contribution in [3.63, 3.8) is 0 Å². The maximum Gasteiger partial charge on any atom is 0.394 e. The van der Waals surface area contributed by atoms with E-state index in [0.717, 1.165) is 5.56 Å². The number of hydrogen-bond acceptors (Lipinski definition) is 8.